The second-order valence-electron chi connectivity index (χ2n) is 4.27. The zero-order chi connectivity index (χ0) is 17.4. The first-order chi connectivity index (χ1) is 10.6. The normalized spacial score (nSPS) is 11.3. The fraction of sp³-hybridized carbons (Fsp3) is 0. The molecule has 0 amide bonds. The number of carboxylic acids is 1. The van der Waals surface area contributed by atoms with E-state index in [0.29, 0.717) is 18.2 Å². The molecular weight excluding hydrogens is 342 g/mol. The highest BCUT2D eigenvalue weighted by Gasteiger charge is 2.26. The Morgan fingerprint density at radius 1 is 0.957 bits per heavy atom. The number of aromatic carboxylic acids is 1. The van der Waals surface area contributed by atoms with E-state index in [-0.39, 0.29) is 6.07 Å². The molecule has 0 radical (unpaired) electrons. The van der Waals surface area contributed by atoms with Crippen LogP contribution in [0.4, 0.5) is 23.2 Å². The van der Waals surface area contributed by atoms with Gasteiger partial charge in [-0.25, -0.2) is 30.8 Å². The van der Waals surface area contributed by atoms with Gasteiger partial charge in [0.25, 0.3) is 10.0 Å². The molecule has 0 saturated heterocycles. The maximum atomic E-state index is 13.6. The molecule has 0 fully saturated rings. The summed E-state index contributed by atoms with van der Waals surface area (Å²) in [6.45, 7) is 0. The van der Waals surface area contributed by atoms with E-state index < -0.39 is 55.4 Å². The SMILES string of the molecule is O=C(O)c1cc(NS(=O)(=O)c2c(F)cccc2F)c(F)cc1F. The lowest BCUT2D eigenvalue weighted by atomic mass is 10.2. The van der Waals surface area contributed by atoms with Crippen molar-refractivity contribution < 1.29 is 35.9 Å². The molecule has 0 unspecified atom stereocenters. The smallest absolute Gasteiger partial charge is 0.338 e. The molecule has 2 aromatic carbocycles. The van der Waals surface area contributed by atoms with E-state index in [9.17, 15) is 30.8 Å². The third-order valence-electron chi connectivity index (χ3n) is 2.72. The van der Waals surface area contributed by atoms with Crippen molar-refractivity contribution >= 4 is 21.7 Å². The van der Waals surface area contributed by atoms with Crippen molar-refractivity contribution in [3.63, 3.8) is 0 Å². The average molecular weight is 349 g/mol. The van der Waals surface area contributed by atoms with Crippen molar-refractivity contribution in [2.75, 3.05) is 4.72 Å². The highest BCUT2D eigenvalue weighted by atomic mass is 32.2. The number of rotatable bonds is 4. The molecule has 0 bridgehead atoms. The van der Waals surface area contributed by atoms with E-state index in [4.69, 9.17) is 5.11 Å². The third-order valence-corrected chi connectivity index (χ3v) is 4.14. The molecule has 0 aliphatic heterocycles. The number of nitrogens with one attached hydrogen (secondary N) is 1. The first-order valence-corrected chi connectivity index (χ1v) is 7.31. The number of carboxylic acid groups (broad SMARTS) is 1. The van der Waals surface area contributed by atoms with Crippen molar-refractivity contribution in [2.24, 2.45) is 0 Å². The molecule has 0 spiro atoms. The van der Waals surface area contributed by atoms with Gasteiger partial charge >= 0.3 is 5.97 Å². The lowest BCUT2D eigenvalue weighted by molar-refractivity contribution is 0.0692. The maximum Gasteiger partial charge on any atom is 0.338 e. The largest absolute Gasteiger partial charge is 0.478 e. The molecule has 2 rings (SSSR count). The summed E-state index contributed by atoms with van der Waals surface area (Å²) in [7, 11) is -4.91. The van der Waals surface area contributed by atoms with Gasteiger partial charge in [-0.15, -0.1) is 0 Å². The summed E-state index contributed by atoms with van der Waals surface area (Å²) in [4.78, 5) is 9.39. The van der Waals surface area contributed by atoms with Crippen LogP contribution in [-0.4, -0.2) is 19.5 Å². The van der Waals surface area contributed by atoms with Gasteiger partial charge in [0, 0.05) is 6.07 Å². The van der Waals surface area contributed by atoms with Crippen LogP contribution in [0.3, 0.4) is 0 Å². The van der Waals surface area contributed by atoms with Gasteiger partial charge < -0.3 is 5.11 Å². The topological polar surface area (TPSA) is 83.5 Å². The van der Waals surface area contributed by atoms with E-state index in [1.54, 1.807) is 0 Å². The van der Waals surface area contributed by atoms with E-state index in [0.717, 1.165) is 6.07 Å². The maximum absolute atomic E-state index is 13.6. The van der Waals surface area contributed by atoms with Crippen molar-refractivity contribution in [2.45, 2.75) is 4.90 Å². The highest BCUT2D eigenvalue weighted by molar-refractivity contribution is 7.92. The monoisotopic (exact) mass is 349 g/mol. The van der Waals surface area contributed by atoms with Crippen molar-refractivity contribution in [1.29, 1.82) is 0 Å². The molecule has 0 atom stereocenters. The molecular formula is C13H7F4NO4S. The predicted molar refractivity (Wildman–Crippen MR) is 70.5 cm³/mol. The number of hydrogen-bond acceptors (Lipinski definition) is 3. The minimum absolute atomic E-state index is 0.138. The lowest BCUT2D eigenvalue weighted by Gasteiger charge is -2.11. The number of carbonyl (C=O) groups is 1. The summed E-state index contributed by atoms with van der Waals surface area (Å²) in [6.07, 6.45) is 0. The highest BCUT2D eigenvalue weighted by Crippen LogP contribution is 2.25. The first kappa shape index (κ1) is 16.7. The number of halogens is 4. The second-order valence-corrected chi connectivity index (χ2v) is 5.89. The molecule has 2 aromatic rings. The fourth-order valence-corrected chi connectivity index (χ4v) is 2.92. The van der Waals surface area contributed by atoms with E-state index >= 15 is 0 Å². The number of benzene rings is 2. The lowest BCUT2D eigenvalue weighted by Crippen LogP contribution is -2.18. The number of sulfonamides is 1. The second kappa shape index (κ2) is 5.88. The van der Waals surface area contributed by atoms with E-state index in [2.05, 4.69) is 0 Å². The quantitative estimate of drug-likeness (QED) is 0.832. The van der Waals surface area contributed by atoms with Crippen LogP contribution >= 0.6 is 0 Å². The summed E-state index contributed by atoms with van der Waals surface area (Å²) >= 11 is 0. The van der Waals surface area contributed by atoms with Crippen molar-refractivity contribution in [3.05, 3.63) is 59.2 Å². The Morgan fingerprint density at radius 2 is 1.52 bits per heavy atom. The average Bonchev–Trinajstić information content (AvgIpc) is 2.40. The summed E-state index contributed by atoms with van der Waals surface area (Å²) < 4.78 is 79.3. The van der Waals surface area contributed by atoms with Crippen LogP contribution in [0, 0.1) is 23.3 Å². The van der Waals surface area contributed by atoms with Gasteiger partial charge in [-0.3, -0.25) is 4.72 Å². The minimum Gasteiger partial charge on any atom is -0.478 e. The molecule has 122 valence electrons. The summed E-state index contributed by atoms with van der Waals surface area (Å²) in [6, 6.07) is 2.76. The number of hydrogen-bond donors (Lipinski definition) is 2. The predicted octanol–water partition coefficient (Wildman–Crippen LogP) is 2.74. The zero-order valence-electron chi connectivity index (χ0n) is 11.0. The molecule has 0 aliphatic carbocycles. The molecule has 0 aromatic heterocycles. The Labute approximate surface area is 127 Å². The van der Waals surface area contributed by atoms with Gasteiger partial charge in [0.05, 0.1) is 11.3 Å². The standard InChI is InChI=1S/C13H7F4NO4S/c14-7-2-1-3-8(15)12(7)23(21,22)18-11-4-6(13(19)20)9(16)5-10(11)17/h1-5,18H,(H,19,20). The minimum atomic E-state index is -4.91. The Hall–Kier alpha value is -2.62. The first-order valence-electron chi connectivity index (χ1n) is 5.82. The van der Waals surface area contributed by atoms with Crippen LogP contribution in [0.2, 0.25) is 0 Å². The van der Waals surface area contributed by atoms with Gasteiger partial charge in [0.15, 0.2) is 4.90 Å². The van der Waals surface area contributed by atoms with Crippen LogP contribution in [0.5, 0.6) is 0 Å². The van der Waals surface area contributed by atoms with Gasteiger partial charge in [0.1, 0.15) is 23.3 Å². The summed E-state index contributed by atoms with van der Waals surface area (Å²) in [5, 5.41) is 8.72. The van der Waals surface area contributed by atoms with Crippen LogP contribution in [-0.2, 0) is 10.0 Å². The Bertz CT molecular complexity index is 879. The Morgan fingerprint density at radius 3 is 2.04 bits per heavy atom. The van der Waals surface area contributed by atoms with Crippen LogP contribution in [0.15, 0.2) is 35.2 Å². The van der Waals surface area contributed by atoms with E-state index in [1.165, 1.54) is 4.72 Å². The van der Waals surface area contributed by atoms with Gasteiger partial charge in [-0.1, -0.05) is 6.07 Å². The molecule has 0 aliphatic rings. The molecule has 5 nitrogen and oxygen atoms in total. The zero-order valence-corrected chi connectivity index (χ0v) is 11.8. The summed E-state index contributed by atoms with van der Waals surface area (Å²) in [5.41, 5.74) is -1.98. The van der Waals surface area contributed by atoms with Crippen molar-refractivity contribution in [3.8, 4) is 0 Å². The molecule has 0 saturated carbocycles. The Kier molecular flexibility index (Phi) is 4.28. The van der Waals surface area contributed by atoms with Gasteiger partial charge in [0.2, 0.25) is 0 Å². The number of anilines is 1. The van der Waals surface area contributed by atoms with Crippen LogP contribution in [0.25, 0.3) is 0 Å². The summed E-state index contributed by atoms with van der Waals surface area (Å²) in [5.74, 6) is -7.53. The molecule has 0 heterocycles. The van der Waals surface area contributed by atoms with Gasteiger partial charge in [-0.2, -0.15) is 0 Å². The van der Waals surface area contributed by atoms with Crippen molar-refractivity contribution in [1.82, 2.24) is 0 Å². The van der Waals surface area contributed by atoms with Gasteiger partial charge in [-0.05, 0) is 18.2 Å². The van der Waals surface area contributed by atoms with Crippen LogP contribution < -0.4 is 4.72 Å². The molecule has 10 heteroatoms. The van der Waals surface area contributed by atoms with Crippen LogP contribution in [0.1, 0.15) is 10.4 Å². The third kappa shape index (κ3) is 3.26. The molecule has 23 heavy (non-hydrogen) atoms. The fourth-order valence-electron chi connectivity index (χ4n) is 1.73. The Balaban J connectivity index is 2.54. The molecule has 2 N–H and O–H groups in total. The van der Waals surface area contributed by atoms with E-state index in [1.807, 2.05) is 0 Å².